The lowest BCUT2D eigenvalue weighted by Gasteiger charge is -2.36. The Hall–Kier alpha value is -0.0700. The maximum absolute atomic E-state index is 12.1. The fraction of sp³-hybridized carbons (Fsp3) is 0.929. The van der Waals surface area contributed by atoms with Crippen LogP contribution in [0.15, 0.2) is 0 Å². The lowest BCUT2D eigenvalue weighted by atomic mass is 10.0. The van der Waals surface area contributed by atoms with Crippen molar-refractivity contribution in [3.63, 3.8) is 0 Å². The Morgan fingerprint density at radius 1 is 1.19 bits per heavy atom. The number of amides is 1. The predicted octanol–water partition coefficient (Wildman–Crippen LogP) is 0.678. The van der Waals surface area contributed by atoms with Crippen LogP contribution in [0, 0.1) is 0 Å². The van der Waals surface area contributed by atoms with Crippen LogP contribution in [-0.2, 0) is 4.79 Å². The molecule has 2 heterocycles. The van der Waals surface area contributed by atoms with Gasteiger partial charge in [-0.2, -0.15) is 0 Å². The number of rotatable bonds is 4. The molecule has 126 valence electrons. The minimum atomic E-state index is 0. The molecule has 0 radical (unpaired) electrons. The highest BCUT2D eigenvalue weighted by molar-refractivity contribution is 5.85. The first-order chi connectivity index (χ1) is 9.16. The molecule has 0 saturated carbocycles. The summed E-state index contributed by atoms with van der Waals surface area (Å²) in [6.07, 6.45) is 3.22. The van der Waals surface area contributed by atoms with E-state index in [4.69, 9.17) is 0 Å². The second-order valence-electron chi connectivity index (χ2n) is 5.94. The van der Waals surface area contributed by atoms with Crippen LogP contribution < -0.4 is 5.32 Å². The third kappa shape index (κ3) is 6.70. The zero-order valence-electron chi connectivity index (χ0n) is 13.2. The first-order valence-corrected chi connectivity index (χ1v) is 7.54. The second-order valence-corrected chi connectivity index (χ2v) is 5.94. The van der Waals surface area contributed by atoms with E-state index in [-0.39, 0.29) is 24.8 Å². The number of piperazine rings is 1. The van der Waals surface area contributed by atoms with Crippen molar-refractivity contribution in [3.8, 4) is 0 Å². The predicted molar refractivity (Wildman–Crippen MR) is 91.7 cm³/mol. The van der Waals surface area contributed by atoms with E-state index >= 15 is 0 Å². The minimum absolute atomic E-state index is 0. The zero-order chi connectivity index (χ0) is 13.7. The Bertz CT molecular complexity index is 299. The van der Waals surface area contributed by atoms with Crippen molar-refractivity contribution in [1.29, 1.82) is 0 Å². The molecule has 1 unspecified atom stereocenters. The van der Waals surface area contributed by atoms with Gasteiger partial charge < -0.3 is 20.0 Å². The summed E-state index contributed by atoms with van der Waals surface area (Å²) >= 11 is 0. The molecule has 0 aromatic carbocycles. The summed E-state index contributed by atoms with van der Waals surface area (Å²) < 4.78 is 0. The van der Waals surface area contributed by atoms with Crippen LogP contribution >= 0.6 is 24.8 Å². The number of likely N-dealkylation sites (N-methyl/N-ethyl adjacent to an activating group) is 1. The SMILES string of the molecule is CN(C)C1CCCN(CCC(=O)N2CCNCC2)C1.Cl.Cl. The second kappa shape index (κ2) is 10.6. The molecule has 1 atom stereocenters. The first kappa shape index (κ1) is 20.9. The number of hydrogen-bond donors (Lipinski definition) is 1. The zero-order valence-corrected chi connectivity index (χ0v) is 14.8. The van der Waals surface area contributed by atoms with Crippen molar-refractivity contribution >= 4 is 30.7 Å². The van der Waals surface area contributed by atoms with Gasteiger partial charge in [0.25, 0.3) is 0 Å². The van der Waals surface area contributed by atoms with Gasteiger partial charge in [0.05, 0.1) is 0 Å². The van der Waals surface area contributed by atoms with Gasteiger partial charge in [0.2, 0.25) is 5.91 Å². The Kier molecular flexibility index (Phi) is 10.6. The number of carbonyl (C=O) groups is 1. The van der Waals surface area contributed by atoms with Gasteiger partial charge in [-0.05, 0) is 33.5 Å². The molecule has 1 amide bonds. The smallest absolute Gasteiger partial charge is 0.223 e. The van der Waals surface area contributed by atoms with Gasteiger partial charge in [-0.3, -0.25) is 4.79 Å². The molecular weight excluding hydrogens is 311 g/mol. The van der Waals surface area contributed by atoms with Gasteiger partial charge in [-0.1, -0.05) is 0 Å². The first-order valence-electron chi connectivity index (χ1n) is 7.54. The maximum atomic E-state index is 12.1. The van der Waals surface area contributed by atoms with Gasteiger partial charge in [0, 0.05) is 51.7 Å². The van der Waals surface area contributed by atoms with Crippen molar-refractivity contribution in [2.45, 2.75) is 25.3 Å². The summed E-state index contributed by atoms with van der Waals surface area (Å²) in [5.41, 5.74) is 0. The summed E-state index contributed by atoms with van der Waals surface area (Å²) in [7, 11) is 4.31. The number of nitrogens with zero attached hydrogens (tertiary/aromatic N) is 3. The van der Waals surface area contributed by atoms with Gasteiger partial charge in [0.15, 0.2) is 0 Å². The molecule has 21 heavy (non-hydrogen) atoms. The molecule has 0 aromatic heterocycles. The van der Waals surface area contributed by atoms with Crippen molar-refractivity contribution < 1.29 is 4.79 Å². The average molecular weight is 341 g/mol. The Morgan fingerprint density at radius 3 is 2.48 bits per heavy atom. The van der Waals surface area contributed by atoms with E-state index in [1.165, 1.54) is 12.8 Å². The van der Waals surface area contributed by atoms with Gasteiger partial charge in [0.1, 0.15) is 0 Å². The third-order valence-corrected chi connectivity index (χ3v) is 4.32. The topological polar surface area (TPSA) is 38.8 Å². The Balaban J connectivity index is 0.00000200. The number of nitrogens with one attached hydrogen (secondary N) is 1. The van der Waals surface area contributed by atoms with Gasteiger partial charge in [-0.15, -0.1) is 24.8 Å². The minimum Gasteiger partial charge on any atom is -0.340 e. The molecule has 0 aliphatic carbocycles. The summed E-state index contributed by atoms with van der Waals surface area (Å²) in [4.78, 5) is 18.9. The van der Waals surface area contributed by atoms with E-state index < -0.39 is 0 Å². The number of hydrogen-bond acceptors (Lipinski definition) is 4. The monoisotopic (exact) mass is 340 g/mol. The van der Waals surface area contributed by atoms with Crippen LogP contribution in [0.2, 0.25) is 0 Å². The van der Waals surface area contributed by atoms with Crippen molar-refractivity contribution in [2.24, 2.45) is 0 Å². The third-order valence-electron chi connectivity index (χ3n) is 4.32. The van der Waals surface area contributed by atoms with Crippen LogP contribution in [0.5, 0.6) is 0 Å². The quantitative estimate of drug-likeness (QED) is 0.816. The molecule has 0 bridgehead atoms. The molecule has 2 saturated heterocycles. The maximum Gasteiger partial charge on any atom is 0.223 e. The van der Waals surface area contributed by atoms with E-state index in [0.29, 0.717) is 18.4 Å². The molecule has 2 aliphatic rings. The Labute approximate surface area is 141 Å². The van der Waals surface area contributed by atoms with Crippen molar-refractivity contribution in [1.82, 2.24) is 20.0 Å². The summed E-state index contributed by atoms with van der Waals surface area (Å²) in [5, 5.41) is 3.28. The summed E-state index contributed by atoms with van der Waals surface area (Å²) in [5.74, 6) is 0.327. The molecule has 0 aromatic rings. The van der Waals surface area contributed by atoms with Gasteiger partial charge >= 0.3 is 0 Å². The fourth-order valence-corrected chi connectivity index (χ4v) is 2.98. The van der Waals surface area contributed by atoms with Crippen LogP contribution in [0.1, 0.15) is 19.3 Å². The number of piperidine rings is 1. The van der Waals surface area contributed by atoms with E-state index in [1.54, 1.807) is 0 Å². The lowest BCUT2D eigenvalue weighted by Crippen LogP contribution is -2.48. The number of likely N-dealkylation sites (tertiary alicyclic amines) is 1. The lowest BCUT2D eigenvalue weighted by molar-refractivity contribution is -0.132. The van der Waals surface area contributed by atoms with Gasteiger partial charge in [-0.25, -0.2) is 0 Å². The largest absolute Gasteiger partial charge is 0.340 e. The van der Waals surface area contributed by atoms with Crippen molar-refractivity contribution in [2.75, 3.05) is 59.9 Å². The summed E-state index contributed by atoms with van der Waals surface area (Å²) in [6.45, 7) is 6.82. The van der Waals surface area contributed by atoms with Crippen LogP contribution in [-0.4, -0.2) is 86.6 Å². The molecule has 2 fully saturated rings. The highest BCUT2D eigenvalue weighted by Crippen LogP contribution is 2.14. The van der Waals surface area contributed by atoms with E-state index in [1.807, 2.05) is 4.90 Å². The average Bonchev–Trinajstić information content (AvgIpc) is 2.46. The number of carbonyl (C=O) groups excluding carboxylic acids is 1. The van der Waals surface area contributed by atoms with E-state index in [9.17, 15) is 4.79 Å². The highest BCUT2D eigenvalue weighted by Gasteiger charge is 2.22. The number of halogens is 2. The molecule has 2 aliphatic heterocycles. The van der Waals surface area contributed by atoms with E-state index in [2.05, 4.69) is 29.2 Å². The molecule has 7 heteroatoms. The molecule has 5 nitrogen and oxygen atoms in total. The molecule has 2 rings (SSSR count). The molecule has 0 spiro atoms. The Morgan fingerprint density at radius 2 is 1.86 bits per heavy atom. The molecule has 1 N–H and O–H groups in total. The standard InChI is InChI=1S/C14H28N4O.2ClH/c1-16(2)13-4-3-8-17(12-13)9-5-14(19)18-10-6-15-7-11-18;;/h13,15H,3-12H2,1-2H3;2*1H. The van der Waals surface area contributed by atoms with Crippen LogP contribution in [0.25, 0.3) is 0 Å². The highest BCUT2D eigenvalue weighted by atomic mass is 35.5. The van der Waals surface area contributed by atoms with E-state index in [0.717, 1.165) is 45.8 Å². The summed E-state index contributed by atoms with van der Waals surface area (Å²) in [6, 6.07) is 0.656. The van der Waals surface area contributed by atoms with Crippen LogP contribution in [0.3, 0.4) is 0 Å². The normalized spacial score (nSPS) is 23.4. The van der Waals surface area contributed by atoms with Crippen molar-refractivity contribution in [3.05, 3.63) is 0 Å². The van der Waals surface area contributed by atoms with Crippen LogP contribution in [0.4, 0.5) is 0 Å². The fourth-order valence-electron chi connectivity index (χ4n) is 2.98. The molecular formula is C14H30Cl2N4O.